The van der Waals surface area contributed by atoms with Gasteiger partial charge in [0.15, 0.2) is 5.82 Å². The van der Waals surface area contributed by atoms with Crippen molar-refractivity contribution in [2.75, 3.05) is 0 Å². The van der Waals surface area contributed by atoms with E-state index in [-0.39, 0.29) is 6.04 Å². The molecule has 1 unspecified atom stereocenters. The van der Waals surface area contributed by atoms with E-state index < -0.39 is 0 Å². The van der Waals surface area contributed by atoms with Gasteiger partial charge in [-0.05, 0) is 18.3 Å². The normalized spacial score (nSPS) is 14.4. The summed E-state index contributed by atoms with van der Waals surface area (Å²) in [5.74, 6) is 0.747. The molecule has 4 heteroatoms. The predicted molar refractivity (Wildman–Crippen MR) is 56.6 cm³/mol. The maximum absolute atomic E-state index is 5.98. The second-order valence-corrected chi connectivity index (χ2v) is 4.98. The number of rotatable bonds is 3. The fourth-order valence-electron chi connectivity index (χ4n) is 1.24. The van der Waals surface area contributed by atoms with E-state index in [1.807, 2.05) is 7.05 Å². The first-order valence-corrected chi connectivity index (χ1v) is 4.99. The maximum atomic E-state index is 5.98. The molecule has 0 amide bonds. The zero-order valence-corrected chi connectivity index (χ0v) is 9.49. The standard InChI is InChI=1S/C10H20N4/c1-10(2,3)6-5-8(11)9-12-7-14(4)13-9/h7-8H,5-6,11H2,1-4H3. The molecule has 0 saturated carbocycles. The Kier molecular flexibility index (Phi) is 3.26. The SMILES string of the molecule is Cn1cnc(C(N)CCC(C)(C)C)n1. The fourth-order valence-corrected chi connectivity index (χ4v) is 1.24. The third kappa shape index (κ3) is 3.46. The minimum absolute atomic E-state index is 0.0320. The van der Waals surface area contributed by atoms with Crippen molar-refractivity contribution in [3.63, 3.8) is 0 Å². The number of aryl methyl sites for hydroxylation is 1. The summed E-state index contributed by atoms with van der Waals surface area (Å²) in [5.41, 5.74) is 6.30. The van der Waals surface area contributed by atoms with Crippen LogP contribution < -0.4 is 5.73 Å². The van der Waals surface area contributed by atoms with Crippen molar-refractivity contribution in [2.45, 2.75) is 39.7 Å². The summed E-state index contributed by atoms with van der Waals surface area (Å²) in [6, 6.07) is -0.0320. The molecular weight excluding hydrogens is 176 g/mol. The quantitative estimate of drug-likeness (QED) is 0.799. The molecule has 0 aliphatic carbocycles. The predicted octanol–water partition coefficient (Wildman–Crippen LogP) is 1.64. The van der Waals surface area contributed by atoms with Gasteiger partial charge in [0.2, 0.25) is 0 Å². The molecule has 1 aromatic heterocycles. The van der Waals surface area contributed by atoms with Crippen LogP contribution in [0.1, 0.15) is 45.5 Å². The van der Waals surface area contributed by atoms with Gasteiger partial charge in [-0.25, -0.2) is 4.98 Å². The lowest BCUT2D eigenvalue weighted by atomic mass is 9.89. The van der Waals surface area contributed by atoms with Crippen LogP contribution in [0.25, 0.3) is 0 Å². The highest BCUT2D eigenvalue weighted by Gasteiger charge is 2.16. The minimum Gasteiger partial charge on any atom is -0.321 e. The van der Waals surface area contributed by atoms with Gasteiger partial charge in [-0.3, -0.25) is 4.68 Å². The van der Waals surface area contributed by atoms with Crippen LogP contribution in [-0.4, -0.2) is 14.8 Å². The summed E-state index contributed by atoms with van der Waals surface area (Å²) in [6.45, 7) is 6.64. The molecule has 14 heavy (non-hydrogen) atoms. The van der Waals surface area contributed by atoms with Crippen LogP contribution >= 0.6 is 0 Å². The first-order valence-electron chi connectivity index (χ1n) is 4.99. The smallest absolute Gasteiger partial charge is 0.167 e. The highest BCUT2D eigenvalue weighted by Crippen LogP contribution is 2.24. The average molecular weight is 196 g/mol. The Bertz CT molecular complexity index is 285. The van der Waals surface area contributed by atoms with Crippen molar-refractivity contribution in [3.8, 4) is 0 Å². The van der Waals surface area contributed by atoms with E-state index >= 15 is 0 Å². The van der Waals surface area contributed by atoms with Crippen molar-refractivity contribution in [2.24, 2.45) is 18.2 Å². The number of hydrogen-bond donors (Lipinski definition) is 1. The molecule has 0 aliphatic rings. The molecule has 0 aliphatic heterocycles. The minimum atomic E-state index is -0.0320. The molecule has 0 radical (unpaired) electrons. The number of nitrogens with zero attached hydrogens (tertiary/aromatic N) is 3. The van der Waals surface area contributed by atoms with Crippen molar-refractivity contribution in [1.82, 2.24) is 14.8 Å². The third-order valence-corrected chi connectivity index (χ3v) is 2.15. The molecule has 0 aromatic carbocycles. The van der Waals surface area contributed by atoms with Crippen LogP contribution in [0.5, 0.6) is 0 Å². The largest absolute Gasteiger partial charge is 0.321 e. The molecule has 80 valence electrons. The van der Waals surface area contributed by atoms with Gasteiger partial charge < -0.3 is 5.73 Å². The Morgan fingerprint density at radius 2 is 2.14 bits per heavy atom. The van der Waals surface area contributed by atoms with Crippen molar-refractivity contribution >= 4 is 0 Å². The molecule has 4 nitrogen and oxygen atoms in total. The molecular formula is C10H20N4. The fraction of sp³-hybridized carbons (Fsp3) is 0.800. The Morgan fingerprint density at radius 1 is 1.50 bits per heavy atom. The molecule has 0 saturated heterocycles. The van der Waals surface area contributed by atoms with E-state index in [0.29, 0.717) is 5.41 Å². The Morgan fingerprint density at radius 3 is 2.57 bits per heavy atom. The lowest BCUT2D eigenvalue weighted by Gasteiger charge is -2.19. The molecule has 0 fully saturated rings. The van der Waals surface area contributed by atoms with Crippen LogP contribution in [0.2, 0.25) is 0 Å². The number of nitrogens with two attached hydrogens (primary N) is 1. The molecule has 1 aromatic rings. The molecule has 2 N–H and O–H groups in total. The van der Waals surface area contributed by atoms with Gasteiger partial charge in [-0.15, -0.1) is 0 Å². The maximum Gasteiger partial charge on any atom is 0.167 e. The van der Waals surface area contributed by atoms with Gasteiger partial charge >= 0.3 is 0 Å². The van der Waals surface area contributed by atoms with E-state index in [2.05, 4.69) is 30.9 Å². The van der Waals surface area contributed by atoms with Crippen molar-refractivity contribution in [1.29, 1.82) is 0 Å². The van der Waals surface area contributed by atoms with Crippen LogP contribution in [0, 0.1) is 5.41 Å². The zero-order chi connectivity index (χ0) is 10.8. The Hall–Kier alpha value is -0.900. The highest BCUT2D eigenvalue weighted by atomic mass is 15.3. The average Bonchev–Trinajstić information content (AvgIpc) is 2.46. The van der Waals surface area contributed by atoms with Gasteiger partial charge in [0.25, 0.3) is 0 Å². The molecule has 1 rings (SSSR count). The summed E-state index contributed by atoms with van der Waals surface area (Å²) in [5, 5.41) is 4.19. The second kappa shape index (κ2) is 4.09. The number of aromatic nitrogens is 3. The Labute approximate surface area is 85.5 Å². The number of hydrogen-bond acceptors (Lipinski definition) is 3. The Balaban J connectivity index is 2.47. The zero-order valence-electron chi connectivity index (χ0n) is 9.49. The van der Waals surface area contributed by atoms with Gasteiger partial charge in [0.1, 0.15) is 6.33 Å². The van der Waals surface area contributed by atoms with E-state index in [0.717, 1.165) is 18.7 Å². The molecule has 0 bridgehead atoms. The lowest BCUT2D eigenvalue weighted by molar-refractivity contribution is 0.346. The highest BCUT2D eigenvalue weighted by molar-refractivity contribution is 4.90. The molecule has 1 heterocycles. The lowest BCUT2D eigenvalue weighted by Crippen LogP contribution is -2.16. The van der Waals surface area contributed by atoms with E-state index in [1.54, 1.807) is 11.0 Å². The first-order chi connectivity index (χ1) is 6.38. The van der Waals surface area contributed by atoms with Crippen LogP contribution in [0.3, 0.4) is 0 Å². The van der Waals surface area contributed by atoms with E-state index in [9.17, 15) is 0 Å². The monoisotopic (exact) mass is 196 g/mol. The summed E-state index contributed by atoms with van der Waals surface area (Å²) >= 11 is 0. The topological polar surface area (TPSA) is 56.7 Å². The van der Waals surface area contributed by atoms with Crippen molar-refractivity contribution < 1.29 is 0 Å². The first kappa shape index (κ1) is 11.2. The van der Waals surface area contributed by atoms with Gasteiger partial charge in [0, 0.05) is 7.05 Å². The van der Waals surface area contributed by atoms with Crippen LogP contribution in [0.4, 0.5) is 0 Å². The molecule has 0 spiro atoms. The third-order valence-electron chi connectivity index (χ3n) is 2.15. The van der Waals surface area contributed by atoms with Crippen LogP contribution in [-0.2, 0) is 7.05 Å². The van der Waals surface area contributed by atoms with Gasteiger partial charge in [-0.2, -0.15) is 5.10 Å². The van der Waals surface area contributed by atoms with Crippen molar-refractivity contribution in [3.05, 3.63) is 12.2 Å². The summed E-state index contributed by atoms with van der Waals surface area (Å²) in [6.07, 6.45) is 3.71. The second-order valence-electron chi connectivity index (χ2n) is 4.98. The summed E-state index contributed by atoms with van der Waals surface area (Å²) in [7, 11) is 1.85. The van der Waals surface area contributed by atoms with Gasteiger partial charge in [0.05, 0.1) is 6.04 Å². The van der Waals surface area contributed by atoms with E-state index in [4.69, 9.17) is 5.73 Å². The van der Waals surface area contributed by atoms with E-state index in [1.165, 1.54) is 0 Å². The summed E-state index contributed by atoms with van der Waals surface area (Å²) < 4.78 is 1.69. The van der Waals surface area contributed by atoms with Crippen LogP contribution in [0.15, 0.2) is 6.33 Å². The summed E-state index contributed by atoms with van der Waals surface area (Å²) in [4.78, 5) is 4.14. The van der Waals surface area contributed by atoms with Gasteiger partial charge in [-0.1, -0.05) is 20.8 Å². The molecule has 1 atom stereocenters.